The van der Waals surface area contributed by atoms with Crippen LogP contribution in [-0.2, 0) is 0 Å². The van der Waals surface area contributed by atoms with Crippen molar-refractivity contribution < 1.29 is 14.2 Å². The maximum Gasteiger partial charge on any atom is 0.165 e. The molecule has 0 heterocycles. The molecule has 0 bridgehead atoms. The van der Waals surface area contributed by atoms with Crippen LogP contribution in [0.2, 0.25) is 0 Å². The number of hydrogen-bond acceptors (Lipinski definition) is 3. The predicted molar refractivity (Wildman–Crippen MR) is 58.8 cm³/mol. The minimum absolute atomic E-state index is 0. The molecule has 0 spiro atoms. The number of hydrogen-bond donors (Lipinski definition) is 2. The first-order chi connectivity index (χ1) is 6.69. The third-order valence-corrected chi connectivity index (χ3v) is 2.04. The largest absolute Gasteiger partial charge is 0.494 e. The second-order valence-corrected chi connectivity index (χ2v) is 3.01. The highest BCUT2D eigenvalue weighted by Gasteiger charge is 2.09. The van der Waals surface area contributed by atoms with E-state index in [-0.39, 0.29) is 30.8 Å². The lowest BCUT2D eigenvalue weighted by atomic mass is 10.0. The summed E-state index contributed by atoms with van der Waals surface area (Å²) in [4.78, 5) is 0. The molecule has 15 heavy (non-hydrogen) atoms. The van der Waals surface area contributed by atoms with E-state index in [0.717, 1.165) is 5.56 Å². The molecule has 0 radical (unpaired) electrons. The lowest BCUT2D eigenvalue weighted by Gasteiger charge is -2.11. The Morgan fingerprint density at radius 1 is 1.53 bits per heavy atom. The Hall–Kier alpha value is -0.840. The SMILES string of the molecule is COc1cc([C@H](N)CCO)ccc1F.Cl. The van der Waals surface area contributed by atoms with Gasteiger partial charge in [-0.25, -0.2) is 4.39 Å². The van der Waals surface area contributed by atoms with Crippen LogP contribution >= 0.6 is 12.4 Å². The van der Waals surface area contributed by atoms with Gasteiger partial charge in [-0.3, -0.25) is 0 Å². The fourth-order valence-corrected chi connectivity index (χ4v) is 1.21. The van der Waals surface area contributed by atoms with Crippen molar-refractivity contribution in [1.82, 2.24) is 0 Å². The standard InChI is InChI=1S/C10H14FNO2.ClH/c1-14-10-6-7(2-3-8(10)11)9(12)4-5-13;/h2-3,6,9,13H,4-5,12H2,1H3;1H/t9-;/m1./s1. The molecule has 1 rings (SSSR count). The fourth-order valence-electron chi connectivity index (χ4n) is 1.21. The van der Waals surface area contributed by atoms with Gasteiger partial charge in [0.1, 0.15) is 0 Å². The smallest absolute Gasteiger partial charge is 0.165 e. The van der Waals surface area contributed by atoms with E-state index in [1.165, 1.54) is 13.2 Å². The quantitative estimate of drug-likeness (QED) is 0.834. The summed E-state index contributed by atoms with van der Waals surface area (Å²) in [6.07, 6.45) is 0.453. The van der Waals surface area contributed by atoms with Crippen molar-refractivity contribution in [3.63, 3.8) is 0 Å². The summed E-state index contributed by atoms with van der Waals surface area (Å²) in [6, 6.07) is 4.17. The Morgan fingerprint density at radius 3 is 2.73 bits per heavy atom. The van der Waals surface area contributed by atoms with E-state index in [9.17, 15) is 4.39 Å². The highest BCUT2D eigenvalue weighted by molar-refractivity contribution is 5.85. The Kier molecular flexibility index (Phi) is 6.24. The van der Waals surface area contributed by atoms with E-state index in [4.69, 9.17) is 15.6 Å². The number of halogens is 2. The summed E-state index contributed by atoms with van der Waals surface area (Å²) in [5, 5.41) is 8.69. The molecule has 0 aromatic heterocycles. The molecule has 0 aliphatic carbocycles. The van der Waals surface area contributed by atoms with Crippen LogP contribution in [-0.4, -0.2) is 18.8 Å². The molecular weight excluding hydrogens is 221 g/mol. The number of benzene rings is 1. The summed E-state index contributed by atoms with van der Waals surface area (Å²) in [6.45, 7) is 0.0147. The van der Waals surface area contributed by atoms with Gasteiger partial charge in [0.25, 0.3) is 0 Å². The van der Waals surface area contributed by atoms with Crippen LogP contribution in [0.5, 0.6) is 5.75 Å². The Balaban J connectivity index is 0.00000196. The summed E-state index contributed by atoms with van der Waals surface area (Å²) in [5.41, 5.74) is 6.50. The van der Waals surface area contributed by atoms with Crippen molar-refractivity contribution in [1.29, 1.82) is 0 Å². The van der Waals surface area contributed by atoms with Crippen molar-refractivity contribution in [3.05, 3.63) is 29.6 Å². The fraction of sp³-hybridized carbons (Fsp3) is 0.400. The second kappa shape index (κ2) is 6.61. The molecule has 86 valence electrons. The van der Waals surface area contributed by atoms with Crippen molar-refractivity contribution in [2.45, 2.75) is 12.5 Å². The molecule has 1 aromatic carbocycles. The highest BCUT2D eigenvalue weighted by atomic mass is 35.5. The number of nitrogens with two attached hydrogens (primary N) is 1. The van der Waals surface area contributed by atoms with Gasteiger partial charge in [-0.15, -0.1) is 12.4 Å². The normalized spacial score (nSPS) is 11.7. The maximum atomic E-state index is 13.0. The highest BCUT2D eigenvalue weighted by Crippen LogP contribution is 2.22. The van der Waals surface area contributed by atoms with Crippen LogP contribution in [0.3, 0.4) is 0 Å². The van der Waals surface area contributed by atoms with E-state index < -0.39 is 5.82 Å². The minimum atomic E-state index is -0.410. The number of aliphatic hydroxyl groups excluding tert-OH is 1. The van der Waals surface area contributed by atoms with E-state index >= 15 is 0 Å². The second-order valence-electron chi connectivity index (χ2n) is 3.01. The van der Waals surface area contributed by atoms with Gasteiger partial charge in [-0.2, -0.15) is 0 Å². The first-order valence-electron chi connectivity index (χ1n) is 4.39. The summed E-state index contributed by atoms with van der Waals surface area (Å²) >= 11 is 0. The zero-order valence-electron chi connectivity index (χ0n) is 8.44. The van der Waals surface area contributed by atoms with Gasteiger partial charge in [-0.1, -0.05) is 6.07 Å². The molecule has 5 heteroatoms. The summed E-state index contributed by atoms with van der Waals surface area (Å²) in [7, 11) is 1.40. The lowest BCUT2D eigenvalue weighted by molar-refractivity contribution is 0.276. The molecule has 3 N–H and O–H groups in total. The number of methoxy groups -OCH3 is 1. The van der Waals surface area contributed by atoms with E-state index in [1.54, 1.807) is 12.1 Å². The van der Waals surface area contributed by atoms with Crippen molar-refractivity contribution >= 4 is 12.4 Å². The summed E-state index contributed by atoms with van der Waals surface area (Å²) in [5.74, 6) is -0.233. The Morgan fingerprint density at radius 2 is 2.20 bits per heavy atom. The van der Waals surface area contributed by atoms with E-state index in [1.807, 2.05) is 0 Å². The van der Waals surface area contributed by atoms with Crippen LogP contribution < -0.4 is 10.5 Å². The van der Waals surface area contributed by atoms with Gasteiger partial charge >= 0.3 is 0 Å². The molecule has 0 unspecified atom stereocenters. The molecule has 0 amide bonds. The van der Waals surface area contributed by atoms with Crippen LogP contribution in [0.1, 0.15) is 18.0 Å². The van der Waals surface area contributed by atoms with Gasteiger partial charge in [-0.05, 0) is 24.1 Å². The third kappa shape index (κ3) is 3.66. The van der Waals surface area contributed by atoms with Crippen molar-refractivity contribution in [3.8, 4) is 5.75 Å². The van der Waals surface area contributed by atoms with Crippen LogP contribution in [0, 0.1) is 5.82 Å². The molecular formula is C10H15ClFNO2. The van der Waals surface area contributed by atoms with Gasteiger partial charge in [0.2, 0.25) is 0 Å². The molecule has 0 aliphatic heterocycles. The van der Waals surface area contributed by atoms with Crippen LogP contribution in [0.4, 0.5) is 4.39 Å². The average Bonchev–Trinajstić information content (AvgIpc) is 2.19. The van der Waals surface area contributed by atoms with E-state index in [2.05, 4.69) is 0 Å². The number of ether oxygens (including phenoxy) is 1. The number of rotatable bonds is 4. The molecule has 1 aromatic rings. The molecule has 0 aliphatic rings. The zero-order valence-corrected chi connectivity index (χ0v) is 9.26. The zero-order chi connectivity index (χ0) is 10.6. The molecule has 0 saturated carbocycles. The van der Waals surface area contributed by atoms with Gasteiger partial charge in [0.15, 0.2) is 11.6 Å². The third-order valence-electron chi connectivity index (χ3n) is 2.04. The minimum Gasteiger partial charge on any atom is -0.494 e. The first kappa shape index (κ1) is 14.2. The van der Waals surface area contributed by atoms with Gasteiger partial charge < -0.3 is 15.6 Å². The number of aliphatic hydroxyl groups is 1. The molecule has 0 fully saturated rings. The van der Waals surface area contributed by atoms with Crippen molar-refractivity contribution in [2.75, 3.05) is 13.7 Å². The molecule has 1 atom stereocenters. The van der Waals surface area contributed by atoms with E-state index in [0.29, 0.717) is 6.42 Å². The maximum absolute atomic E-state index is 13.0. The monoisotopic (exact) mass is 235 g/mol. The van der Waals surface area contributed by atoms with Crippen molar-refractivity contribution in [2.24, 2.45) is 5.73 Å². The summed E-state index contributed by atoms with van der Waals surface area (Å²) < 4.78 is 17.8. The predicted octanol–water partition coefficient (Wildman–Crippen LogP) is 1.64. The van der Waals surface area contributed by atoms with Gasteiger partial charge in [0, 0.05) is 12.6 Å². The average molecular weight is 236 g/mol. The Bertz CT molecular complexity index is 309. The van der Waals surface area contributed by atoms with Gasteiger partial charge in [0.05, 0.1) is 7.11 Å². The Labute approximate surface area is 94.5 Å². The van der Waals surface area contributed by atoms with Crippen LogP contribution in [0.25, 0.3) is 0 Å². The first-order valence-corrected chi connectivity index (χ1v) is 4.39. The lowest BCUT2D eigenvalue weighted by Crippen LogP contribution is -2.12. The molecule has 3 nitrogen and oxygen atoms in total. The van der Waals surface area contributed by atoms with Crippen LogP contribution in [0.15, 0.2) is 18.2 Å². The molecule has 0 saturated heterocycles. The topological polar surface area (TPSA) is 55.5 Å².